The van der Waals surface area contributed by atoms with Crippen LogP contribution in [0.25, 0.3) is 0 Å². The van der Waals surface area contributed by atoms with E-state index < -0.39 is 9.84 Å². The molecule has 92 valence electrons. The Balaban J connectivity index is 2.13. The van der Waals surface area contributed by atoms with Gasteiger partial charge in [-0.1, -0.05) is 6.92 Å². The van der Waals surface area contributed by atoms with Gasteiger partial charge in [-0.05, 0) is 6.42 Å². The Morgan fingerprint density at radius 2 is 2.19 bits per heavy atom. The van der Waals surface area contributed by atoms with Crippen LogP contribution in [-0.4, -0.2) is 55.9 Å². The minimum Gasteiger partial charge on any atom is -0.336 e. The third-order valence-electron chi connectivity index (χ3n) is 3.27. The second-order valence-electron chi connectivity index (χ2n) is 4.54. The summed E-state index contributed by atoms with van der Waals surface area (Å²) in [5.74, 6) is 0.393. The highest BCUT2D eigenvalue weighted by Gasteiger charge is 2.44. The van der Waals surface area contributed by atoms with Crippen molar-refractivity contribution in [2.24, 2.45) is 0 Å². The van der Waals surface area contributed by atoms with E-state index in [0.29, 0.717) is 19.5 Å². The standard InChI is InChI=1S/C10H18N2O3S/c1-2-3-10(13)12-5-4-11-8-6-16(14,15)7-9(8)12/h8-9,11H,2-7H2,1H3/t8-,9+/m1/s1. The first-order chi connectivity index (χ1) is 7.53. The van der Waals surface area contributed by atoms with Gasteiger partial charge in [-0.15, -0.1) is 0 Å². The molecular weight excluding hydrogens is 228 g/mol. The van der Waals surface area contributed by atoms with Crippen molar-refractivity contribution < 1.29 is 13.2 Å². The van der Waals surface area contributed by atoms with Crippen LogP contribution in [0, 0.1) is 0 Å². The molecule has 2 aliphatic heterocycles. The highest BCUT2D eigenvalue weighted by atomic mass is 32.2. The zero-order valence-corrected chi connectivity index (χ0v) is 10.3. The molecule has 0 aromatic heterocycles. The van der Waals surface area contributed by atoms with Crippen LogP contribution in [0.2, 0.25) is 0 Å². The smallest absolute Gasteiger partial charge is 0.222 e. The van der Waals surface area contributed by atoms with Crippen molar-refractivity contribution in [1.82, 2.24) is 10.2 Å². The Kier molecular flexibility index (Phi) is 3.21. The summed E-state index contributed by atoms with van der Waals surface area (Å²) in [6.45, 7) is 3.30. The quantitative estimate of drug-likeness (QED) is 0.705. The molecule has 2 rings (SSSR count). The van der Waals surface area contributed by atoms with Gasteiger partial charge >= 0.3 is 0 Å². The second-order valence-corrected chi connectivity index (χ2v) is 6.70. The van der Waals surface area contributed by atoms with Crippen LogP contribution in [0.15, 0.2) is 0 Å². The molecule has 1 N–H and O–H groups in total. The molecule has 0 aliphatic carbocycles. The third kappa shape index (κ3) is 2.22. The fraction of sp³-hybridized carbons (Fsp3) is 0.900. The number of piperazine rings is 1. The van der Waals surface area contributed by atoms with Crippen LogP contribution < -0.4 is 5.32 Å². The Morgan fingerprint density at radius 3 is 2.88 bits per heavy atom. The first-order valence-corrected chi connectivity index (χ1v) is 7.59. The van der Waals surface area contributed by atoms with Gasteiger partial charge in [0.05, 0.1) is 17.5 Å². The fourth-order valence-corrected chi connectivity index (χ4v) is 4.49. The van der Waals surface area contributed by atoms with Crippen molar-refractivity contribution in [3.63, 3.8) is 0 Å². The summed E-state index contributed by atoms with van der Waals surface area (Å²) < 4.78 is 23.1. The van der Waals surface area contributed by atoms with Gasteiger partial charge in [0.15, 0.2) is 9.84 Å². The van der Waals surface area contributed by atoms with E-state index in [1.54, 1.807) is 4.90 Å². The number of carbonyl (C=O) groups is 1. The van der Waals surface area contributed by atoms with Gasteiger partial charge in [-0.25, -0.2) is 8.42 Å². The molecule has 0 aromatic carbocycles. The Hall–Kier alpha value is -0.620. The highest BCUT2D eigenvalue weighted by molar-refractivity contribution is 7.91. The summed E-state index contributed by atoms with van der Waals surface area (Å²) in [4.78, 5) is 13.6. The maximum Gasteiger partial charge on any atom is 0.222 e. The molecule has 2 saturated heterocycles. The van der Waals surface area contributed by atoms with Gasteiger partial charge in [0, 0.05) is 25.6 Å². The van der Waals surface area contributed by atoms with E-state index in [1.807, 2.05) is 6.92 Å². The van der Waals surface area contributed by atoms with Gasteiger partial charge in [0.1, 0.15) is 0 Å². The molecule has 1 amide bonds. The molecule has 6 heteroatoms. The summed E-state index contributed by atoms with van der Waals surface area (Å²) in [6, 6.07) is -0.197. The lowest BCUT2D eigenvalue weighted by Gasteiger charge is -2.37. The van der Waals surface area contributed by atoms with Crippen molar-refractivity contribution in [1.29, 1.82) is 0 Å². The molecule has 16 heavy (non-hydrogen) atoms. The lowest BCUT2D eigenvalue weighted by Crippen LogP contribution is -2.59. The Labute approximate surface area is 96.1 Å². The largest absolute Gasteiger partial charge is 0.336 e. The molecule has 0 unspecified atom stereocenters. The monoisotopic (exact) mass is 246 g/mol. The van der Waals surface area contributed by atoms with Gasteiger partial charge in [-0.2, -0.15) is 0 Å². The Morgan fingerprint density at radius 1 is 1.44 bits per heavy atom. The Bertz CT molecular complexity index is 380. The fourth-order valence-electron chi connectivity index (χ4n) is 2.53. The maximum absolute atomic E-state index is 11.9. The number of nitrogens with one attached hydrogen (secondary N) is 1. The van der Waals surface area contributed by atoms with E-state index in [9.17, 15) is 13.2 Å². The summed E-state index contributed by atoms with van der Waals surface area (Å²) in [6.07, 6.45) is 1.33. The second kappa shape index (κ2) is 4.33. The van der Waals surface area contributed by atoms with E-state index in [-0.39, 0.29) is 29.5 Å². The summed E-state index contributed by atoms with van der Waals surface area (Å²) in [5.41, 5.74) is 0. The molecule has 0 saturated carbocycles. The number of hydrogen-bond donors (Lipinski definition) is 1. The average Bonchev–Trinajstić information content (AvgIpc) is 2.51. The normalized spacial score (nSPS) is 32.4. The van der Waals surface area contributed by atoms with E-state index >= 15 is 0 Å². The number of carbonyl (C=O) groups excluding carboxylic acids is 1. The number of rotatable bonds is 2. The van der Waals surface area contributed by atoms with Gasteiger partial charge in [0.2, 0.25) is 5.91 Å². The number of amides is 1. The molecule has 2 atom stereocenters. The molecule has 2 heterocycles. The lowest BCUT2D eigenvalue weighted by atomic mass is 10.1. The molecular formula is C10H18N2O3S. The molecule has 0 aromatic rings. The number of fused-ring (bicyclic) bond motifs is 1. The van der Waals surface area contributed by atoms with Crippen LogP contribution in [0.1, 0.15) is 19.8 Å². The molecule has 0 spiro atoms. The van der Waals surface area contributed by atoms with Crippen LogP contribution in [0.3, 0.4) is 0 Å². The summed E-state index contributed by atoms with van der Waals surface area (Å²) in [5, 5.41) is 3.19. The third-order valence-corrected chi connectivity index (χ3v) is 4.98. The minimum atomic E-state index is -2.97. The van der Waals surface area contributed by atoms with Crippen LogP contribution >= 0.6 is 0 Å². The lowest BCUT2D eigenvalue weighted by molar-refractivity contribution is -0.134. The summed E-state index contributed by atoms with van der Waals surface area (Å²) >= 11 is 0. The highest BCUT2D eigenvalue weighted by Crippen LogP contribution is 2.22. The SMILES string of the molecule is CCCC(=O)N1CCN[C@@H]2CS(=O)(=O)C[C@@H]21. The number of sulfone groups is 1. The maximum atomic E-state index is 11.9. The van der Waals surface area contributed by atoms with Crippen molar-refractivity contribution in [3.8, 4) is 0 Å². The predicted molar refractivity (Wildman–Crippen MR) is 60.9 cm³/mol. The molecule has 0 radical (unpaired) electrons. The zero-order valence-electron chi connectivity index (χ0n) is 9.48. The molecule has 5 nitrogen and oxygen atoms in total. The van der Waals surface area contributed by atoms with Crippen molar-refractivity contribution >= 4 is 15.7 Å². The summed E-state index contributed by atoms with van der Waals surface area (Å²) in [7, 11) is -2.97. The van der Waals surface area contributed by atoms with Crippen LogP contribution in [-0.2, 0) is 14.6 Å². The van der Waals surface area contributed by atoms with E-state index in [1.165, 1.54) is 0 Å². The topological polar surface area (TPSA) is 66.5 Å². The van der Waals surface area contributed by atoms with E-state index in [0.717, 1.165) is 6.42 Å². The van der Waals surface area contributed by atoms with Crippen LogP contribution in [0.4, 0.5) is 0 Å². The number of hydrogen-bond acceptors (Lipinski definition) is 4. The average molecular weight is 246 g/mol. The first kappa shape index (κ1) is 11.9. The van der Waals surface area contributed by atoms with Crippen LogP contribution in [0.5, 0.6) is 0 Å². The van der Waals surface area contributed by atoms with E-state index in [2.05, 4.69) is 5.32 Å². The molecule has 2 aliphatic rings. The van der Waals surface area contributed by atoms with Crippen molar-refractivity contribution in [2.45, 2.75) is 31.8 Å². The minimum absolute atomic E-state index is 0.0560. The van der Waals surface area contributed by atoms with Gasteiger partial charge < -0.3 is 10.2 Å². The molecule has 2 fully saturated rings. The molecule has 0 bridgehead atoms. The van der Waals surface area contributed by atoms with Gasteiger partial charge in [0.25, 0.3) is 0 Å². The first-order valence-electron chi connectivity index (χ1n) is 5.77. The van der Waals surface area contributed by atoms with E-state index in [4.69, 9.17) is 0 Å². The van der Waals surface area contributed by atoms with Crippen molar-refractivity contribution in [3.05, 3.63) is 0 Å². The van der Waals surface area contributed by atoms with Gasteiger partial charge in [-0.3, -0.25) is 4.79 Å². The predicted octanol–water partition coefficient (Wildman–Crippen LogP) is -0.616. The van der Waals surface area contributed by atoms with Crippen molar-refractivity contribution in [2.75, 3.05) is 24.6 Å². The zero-order chi connectivity index (χ0) is 11.8. The number of nitrogens with zero attached hydrogens (tertiary/aromatic N) is 1.